The van der Waals surface area contributed by atoms with Crippen LogP contribution in [0.25, 0.3) is 0 Å². The lowest BCUT2D eigenvalue weighted by atomic mass is 10.1. The maximum atomic E-state index is 12.9. The van der Waals surface area contributed by atoms with Crippen LogP contribution in [-0.4, -0.2) is 36.7 Å². The smallest absolute Gasteiger partial charge is 0.227 e. The fraction of sp³-hybridized carbons (Fsp3) is 0.316. The van der Waals surface area contributed by atoms with Gasteiger partial charge in [0.2, 0.25) is 5.91 Å². The van der Waals surface area contributed by atoms with Crippen LogP contribution < -0.4 is 0 Å². The molecule has 0 saturated carbocycles. The first-order valence-electron chi connectivity index (χ1n) is 8.57. The summed E-state index contributed by atoms with van der Waals surface area (Å²) in [5, 5.41) is 4.31. The van der Waals surface area contributed by atoms with E-state index >= 15 is 0 Å². The van der Waals surface area contributed by atoms with Crippen molar-refractivity contribution in [3.05, 3.63) is 72.6 Å². The third-order valence-electron chi connectivity index (χ3n) is 4.62. The molecule has 128 valence electrons. The van der Waals surface area contributed by atoms with Crippen LogP contribution in [-0.2, 0) is 30.8 Å². The number of hydrogen-bond donors (Lipinski definition) is 0. The molecule has 1 aromatic carbocycles. The number of carbonyl (C=O) groups is 1. The van der Waals surface area contributed by atoms with Gasteiger partial charge >= 0.3 is 0 Å². The molecular weight excluding hydrogens is 314 g/mol. The molecule has 0 aliphatic carbocycles. The third-order valence-corrected chi connectivity index (χ3v) is 4.62. The Morgan fingerprint density at radius 1 is 1.08 bits per heavy atom. The molecule has 0 unspecified atom stereocenters. The third kappa shape index (κ3) is 3.63. The summed E-state index contributed by atoms with van der Waals surface area (Å²) in [7, 11) is 0. The lowest BCUT2D eigenvalue weighted by Gasteiger charge is -2.24. The zero-order valence-electron chi connectivity index (χ0n) is 14.0. The molecule has 1 amide bonds. The van der Waals surface area contributed by atoms with Crippen LogP contribution in [0, 0.1) is 5.92 Å². The largest absolute Gasteiger partial charge is 0.335 e. The highest BCUT2D eigenvalue weighted by molar-refractivity contribution is 5.78. The van der Waals surface area contributed by atoms with E-state index in [1.807, 2.05) is 64.6 Å². The van der Waals surface area contributed by atoms with E-state index < -0.39 is 0 Å². The highest BCUT2D eigenvalue weighted by Crippen LogP contribution is 2.18. The number of nitrogens with zero attached hydrogens (tertiary/aromatic N) is 5. The molecule has 6 nitrogen and oxygen atoms in total. The first-order chi connectivity index (χ1) is 12.3. The molecule has 2 aromatic heterocycles. The Balaban J connectivity index is 1.53. The summed E-state index contributed by atoms with van der Waals surface area (Å²) in [6, 6.07) is 11.8. The number of carbonyl (C=O) groups excluding carboxylic acids is 1. The van der Waals surface area contributed by atoms with Crippen molar-refractivity contribution in [2.45, 2.75) is 26.1 Å². The van der Waals surface area contributed by atoms with Crippen molar-refractivity contribution in [3.63, 3.8) is 0 Å². The summed E-state index contributed by atoms with van der Waals surface area (Å²) in [5.74, 6) is 1.40. The van der Waals surface area contributed by atoms with E-state index in [-0.39, 0.29) is 5.91 Å². The summed E-state index contributed by atoms with van der Waals surface area (Å²) in [6.07, 6.45) is 7.99. The van der Waals surface area contributed by atoms with Crippen LogP contribution in [0.15, 0.2) is 61.2 Å². The van der Waals surface area contributed by atoms with Gasteiger partial charge in [0.15, 0.2) is 0 Å². The van der Waals surface area contributed by atoms with Gasteiger partial charge in [-0.3, -0.25) is 9.48 Å². The number of aromatic nitrogens is 4. The van der Waals surface area contributed by atoms with E-state index in [1.165, 1.54) is 0 Å². The van der Waals surface area contributed by atoms with Gasteiger partial charge in [0, 0.05) is 50.3 Å². The monoisotopic (exact) mass is 335 g/mol. The highest BCUT2D eigenvalue weighted by atomic mass is 16.2. The predicted octanol–water partition coefficient (Wildman–Crippen LogP) is 1.98. The van der Waals surface area contributed by atoms with Crippen molar-refractivity contribution < 1.29 is 4.79 Å². The molecule has 1 atom stereocenters. The second-order valence-corrected chi connectivity index (χ2v) is 6.53. The number of hydrogen-bond acceptors (Lipinski definition) is 3. The SMILES string of the molecule is O=C(Cc1ccccc1)N1Cc2nccn2C[C@@H](Cn2cccn2)C1. The molecule has 3 aromatic rings. The average molecular weight is 335 g/mol. The summed E-state index contributed by atoms with van der Waals surface area (Å²) in [6.45, 7) is 2.92. The standard InChI is InChI=1S/C19H21N5O/c25-19(11-16-5-2-1-3-6-16)23-13-17(14-24-9-4-7-21-24)12-22-10-8-20-18(22)15-23/h1-10,17H,11-15H2/t17-/m1/s1. The van der Waals surface area contributed by atoms with Crippen molar-refractivity contribution in [1.29, 1.82) is 0 Å². The van der Waals surface area contributed by atoms with Crippen LogP contribution in [0.1, 0.15) is 11.4 Å². The zero-order chi connectivity index (χ0) is 17.1. The topological polar surface area (TPSA) is 56.0 Å². The Kier molecular flexibility index (Phi) is 4.33. The van der Waals surface area contributed by atoms with Gasteiger partial charge in [-0.2, -0.15) is 5.10 Å². The minimum absolute atomic E-state index is 0.146. The molecule has 0 fully saturated rings. The first-order valence-corrected chi connectivity index (χ1v) is 8.57. The van der Waals surface area contributed by atoms with Crippen molar-refractivity contribution >= 4 is 5.91 Å². The molecule has 0 N–H and O–H groups in total. The number of amides is 1. The zero-order valence-corrected chi connectivity index (χ0v) is 14.0. The summed E-state index contributed by atoms with van der Waals surface area (Å²) in [4.78, 5) is 19.2. The lowest BCUT2D eigenvalue weighted by molar-refractivity contribution is -0.131. The van der Waals surface area contributed by atoms with Gasteiger partial charge in [-0.05, 0) is 11.6 Å². The number of benzene rings is 1. The quantitative estimate of drug-likeness (QED) is 0.733. The van der Waals surface area contributed by atoms with E-state index in [0.29, 0.717) is 18.9 Å². The molecule has 3 heterocycles. The van der Waals surface area contributed by atoms with Gasteiger partial charge in [0.1, 0.15) is 5.82 Å². The van der Waals surface area contributed by atoms with Crippen LogP contribution in [0.4, 0.5) is 0 Å². The summed E-state index contributed by atoms with van der Waals surface area (Å²) >= 11 is 0. The van der Waals surface area contributed by atoms with E-state index in [2.05, 4.69) is 14.6 Å². The van der Waals surface area contributed by atoms with Gasteiger partial charge in [-0.25, -0.2) is 4.98 Å². The van der Waals surface area contributed by atoms with Gasteiger partial charge in [0.05, 0.1) is 13.0 Å². The van der Waals surface area contributed by atoms with Crippen molar-refractivity contribution in [1.82, 2.24) is 24.2 Å². The number of rotatable bonds is 4. The molecule has 0 radical (unpaired) electrons. The lowest BCUT2D eigenvalue weighted by Crippen LogP contribution is -2.36. The van der Waals surface area contributed by atoms with E-state index in [0.717, 1.165) is 31.0 Å². The molecule has 0 saturated heterocycles. The van der Waals surface area contributed by atoms with Crippen molar-refractivity contribution in [3.8, 4) is 0 Å². The summed E-state index contributed by atoms with van der Waals surface area (Å²) < 4.78 is 4.09. The molecule has 1 aliphatic heterocycles. The summed E-state index contributed by atoms with van der Waals surface area (Å²) in [5.41, 5.74) is 1.05. The van der Waals surface area contributed by atoms with E-state index in [4.69, 9.17) is 0 Å². The number of fused-ring (bicyclic) bond motifs is 1. The highest BCUT2D eigenvalue weighted by Gasteiger charge is 2.26. The van der Waals surface area contributed by atoms with Crippen LogP contribution in [0.3, 0.4) is 0 Å². The van der Waals surface area contributed by atoms with E-state index in [9.17, 15) is 4.79 Å². The van der Waals surface area contributed by atoms with Gasteiger partial charge < -0.3 is 9.47 Å². The van der Waals surface area contributed by atoms with E-state index in [1.54, 1.807) is 6.20 Å². The van der Waals surface area contributed by atoms with Gasteiger partial charge in [-0.15, -0.1) is 0 Å². The van der Waals surface area contributed by atoms with Crippen molar-refractivity contribution in [2.24, 2.45) is 5.92 Å². The Morgan fingerprint density at radius 2 is 1.96 bits per heavy atom. The predicted molar refractivity (Wildman–Crippen MR) is 93.5 cm³/mol. The molecule has 25 heavy (non-hydrogen) atoms. The fourth-order valence-electron chi connectivity index (χ4n) is 3.40. The van der Waals surface area contributed by atoms with Crippen molar-refractivity contribution in [2.75, 3.05) is 6.54 Å². The molecule has 4 rings (SSSR count). The van der Waals surface area contributed by atoms with Crippen LogP contribution >= 0.6 is 0 Å². The average Bonchev–Trinajstić information content (AvgIpc) is 3.24. The molecular formula is C19H21N5O. The van der Waals surface area contributed by atoms with Gasteiger partial charge in [0.25, 0.3) is 0 Å². The fourth-order valence-corrected chi connectivity index (χ4v) is 3.40. The Hall–Kier alpha value is -2.89. The Labute approximate surface area is 146 Å². The maximum Gasteiger partial charge on any atom is 0.227 e. The molecule has 6 heteroatoms. The maximum absolute atomic E-state index is 12.9. The first kappa shape index (κ1) is 15.6. The van der Waals surface area contributed by atoms with Gasteiger partial charge in [-0.1, -0.05) is 30.3 Å². The molecule has 1 aliphatic rings. The Bertz CT molecular complexity index is 825. The molecule has 0 spiro atoms. The Morgan fingerprint density at radius 3 is 2.76 bits per heavy atom. The number of imidazole rings is 1. The minimum Gasteiger partial charge on any atom is -0.335 e. The second kappa shape index (κ2) is 6.93. The van der Waals surface area contributed by atoms with Crippen LogP contribution in [0.2, 0.25) is 0 Å². The second-order valence-electron chi connectivity index (χ2n) is 6.53. The van der Waals surface area contributed by atoms with Crippen LogP contribution in [0.5, 0.6) is 0 Å². The normalized spacial score (nSPS) is 17.1. The molecule has 0 bridgehead atoms. The minimum atomic E-state index is 0.146.